The van der Waals surface area contributed by atoms with Crippen molar-refractivity contribution >= 4 is 23.6 Å². The lowest BCUT2D eigenvalue weighted by Crippen LogP contribution is -2.13. The summed E-state index contributed by atoms with van der Waals surface area (Å²) in [5.41, 5.74) is 0.714. The SMILES string of the molecule is Cc1cc(NC(=O)CSc2cccc(O)c2)on1. The van der Waals surface area contributed by atoms with Crippen molar-refractivity contribution in [2.45, 2.75) is 11.8 Å². The zero-order chi connectivity index (χ0) is 13.0. The predicted octanol–water partition coefficient (Wildman–Crippen LogP) is 2.42. The summed E-state index contributed by atoms with van der Waals surface area (Å²) in [6.45, 7) is 1.78. The zero-order valence-corrected chi connectivity index (χ0v) is 10.5. The molecule has 1 amide bonds. The summed E-state index contributed by atoms with van der Waals surface area (Å²) < 4.78 is 4.87. The molecule has 0 bridgehead atoms. The van der Waals surface area contributed by atoms with Crippen molar-refractivity contribution in [3.63, 3.8) is 0 Å². The summed E-state index contributed by atoms with van der Waals surface area (Å²) in [7, 11) is 0. The van der Waals surface area contributed by atoms with Crippen LogP contribution in [-0.2, 0) is 4.79 Å². The molecule has 0 radical (unpaired) electrons. The molecule has 0 aliphatic carbocycles. The van der Waals surface area contributed by atoms with E-state index in [1.165, 1.54) is 11.8 Å². The second-order valence-corrected chi connectivity index (χ2v) is 4.72. The molecule has 0 unspecified atom stereocenters. The average molecular weight is 264 g/mol. The average Bonchev–Trinajstić information content (AvgIpc) is 2.72. The maximum atomic E-state index is 11.6. The minimum absolute atomic E-state index is 0.181. The van der Waals surface area contributed by atoms with Crippen LogP contribution >= 0.6 is 11.8 Å². The Balaban J connectivity index is 1.85. The molecule has 1 heterocycles. The van der Waals surface area contributed by atoms with E-state index in [4.69, 9.17) is 4.52 Å². The number of aromatic hydroxyl groups is 1. The lowest BCUT2D eigenvalue weighted by Gasteiger charge is -2.02. The maximum Gasteiger partial charge on any atom is 0.237 e. The summed E-state index contributed by atoms with van der Waals surface area (Å²) in [6.07, 6.45) is 0. The number of phenolic OH excluding ortho intramolecular Hbond substituents is 1. The van der Waals surface area contributed by atoms with Gasteiger partial charge in [-0.2, -0.15) is 0 Å². The van der Waals surface area contributed by atoms with E-state index in [9.17, 15) is 9.90 Å². The first kappa shape index (κ1) is 12.5. The van der Waals surface area contributed by atoms with Gasteiger partial charge in [0.1, 0.15) is 5.75 Å². The third kappa shape index (κ3) is 3.53. The molecule has 0 saturated heterocycles. The number of aromatic nitrogens is 1. The zero-order valence-electron chi connectivity index (χ0n) is 9.71. The molecule has 0 atom stereocenters. The van der Waals surface area contributed by atoms with Crippen molar-refractivity contribution in [1.82, 2.24) is 5.16 Å². The highest BCUT2D eigenvalue weighted by molar-refractivity contribution is 8.00. The fourth-order valence-corrected chi connectivity index (χ4v) is 2.07. The Morgan fingerprint density at radius 3 is 3.00 bits per heavy atom. The molecule has 18 heavy (non-hydrogen) atoms. The Labute approximate surface area is 108 Å². The van der Waals surface area contributed by atoms with Gasteiger partial charge in [0.15, 0.2) is 0 Å². The van der Waals surface area contributed by atoms with Crippen molar-refractivity contribution in [1.29, 1.82) is 0 Å². The van der Waals surface area contributed by atoms with Gasteiger partial charge in [0.2, 0.25) is 11.8 Å². The molecule has 0 aliphatic heterocycles. The molecule has 6 heteroatoms. The molecule has 2 aromatic rings. The Hall–Kier alpha value is -1.95. The van der Waals surface area contributed by atoms with Crippen molar-refractivity contribution < 1.29 is 14.4 Å². The first-order valence-electron chi connectivity index (χ1n) is 5.28. The van der Waals surface area contributed by atoms with Gasteiger partial charge in [0.05, 0.1) is 11.4 Å². The van der Waals surface area contributed by atoms with E-state index in [0.29, 0.717) is 11.6 Å². The number of thioether (sulfide) groups is 1. The van der Waals surface area contributed by atoms with Crippen LogP contribution in [0.4, 0.5) is 5.88 Å². The Morgan fingerprint density at radius 1 is 1.50 bits per heavy atom. The molecule has 1 aromatic carbocycles. The summed E-state index contributed by atoms with van der Waals surface area (Å²) in [6, 6.07) is 8.40. The number of benzene rings is 1. The number of aryl methyl sites for hydroxylation is 1. The first-order valence-corrected chi connectivity index (χ1v) is 6.27. The molecule has 5 nitrogen and oxygen atoms in total. The minimum atomic E-state index is -0.181. The number of amides is 1. The summed E-state index contributed by atoms with van der Waals surface area (Å²) in [5.74, 6) is 0.586. The standard InChI is InChI=1S/C12H12N2O3S/c1-8-5-12(17-14-8)13-11(16)7-18-10-4-2-3-9(15)6-10/h2-6,15H,7H2,1H3,(H,13,16). The van der Waals surface area contributed by atoms with Crippen LogP contribution in [-0.4, -0.2) is 21.9 Å². The number of nitrogens with zero attached hydrogens (tertiary/aromatic N) is 1. The fraction of sp³-hybridized carbons (Fsp3) is 0.167. The quantitative estimate of drug-likeness (QED) is 0.829. The van der Waals surface area contributed by atoms with Crippen molar-refractivity contribution in [3.8, 4) is 5.75 Å². The molecule has 0 aliphatic rings. The van der Waals surface area contributed by atoms with Gasteiger partial charge in [-0.15, -0.1) is 11.8 Å². The second-order valence-electron chi connectivity index (χ2n) is 3.67. The third-order valence-electron chi connectivity index (χ3n) is 2.08. The van der Waals surface area contributed by atoms with E-state index in [1.807, 2.05) is 6.07 Å². The lowest BCUT2D eigenvalue weighted by atomic mass is 10.3. The van der Waals surface area contributed by atoms with E-state index >= 15 is 0 Å². The van der Waals surface area contributed by atoms with E-state index < -0.39 is 0 Å². The highest BCUT2D eigenvalue weighted by Gasteiger charge is 2.07. The molecular formula is C12H12N2O3S. The highest BCUT2D eigenvalue weighted by atomic mass is 32.2. The maximum absolute atomic E-state index is 11.6. The fourth-order valence-electron chi connectivity index (χ4n) is 1.32. The molecule has 94 valence electrons. The molecular weight excluding hydrogens is 252 g/mol. The topological polar surface area (TPSA) is 75.4 Å². The van der Waals surface area contributed by atoms with Gasteiger partial charge in [-0.25, -0.2) is 0 Å². The summed E-state index contributed by atoms with van der Waals surface area (Å²) in [5, 5.41) is 15.5. The number of phenols is 1. The Kier molecular flexibility index (Phi) is 3.88. The monoisotopic (exact) mass is 264 g/mol. The molecule has 2 N–H and O–H groups in total. The van der Waals surface area contributed by atoms with Crippen LogP contribution in [0.3, 0.4) is 0 Å². The van der Waals surface area contributed by atoms with Crippen LogP contribution < -0.4 is 5.32 Å². The molecule has 1 aromatic heterocycles. The van der Waals surface area contributed by atoms with E-state index in [1.54, 1.807) is 31.2 Å². The van der Waals surface area contributed by atoms with Crippen molar-refractivity contribution in [2.75, 3.05) is 11.1 Å². The summed E-state index contributed by atoms with van der Waals surface area (Å²) >= 11 is 1.33. The van der Waals surface area contributed by atoms with E-state index in [-0.39, 0.29) is 17.4 Å². The van der Waals surface area contributed by atoms with Crippen LogP contribution in [0.15, 0.2) is 39.8 Å². The largest absolute Gasteiger partial charge is 0.508 e. The molecule has 0 fully saturated rings. The van der Waals surface area contributed by atoms with Crippen LogP contribution in [0.1, 0.15) is 5.69 Å². The summed E-state index contributed by atoms with van der Waals surface area (Å²) in [4.78, 5) is 12.4. The van der Waals surface area contributed by atoms with Crippen LogP contribution in [0, 0.1) is 6.92 Å². The highest BCUT2D eigenvalue weighted by Crippen LogP contribution is 2.22. The predicted molar refractivity (Wildman–Crippen MR) is 68.7 cm³/mol. The van der Waals surface area contributed by atoms with E-state index in [0.717, 1.165) is 4.90 Å². The van der Waals surface area contributed by atoms with Gasteiger partial charge in [-0.1, -0.05) is 11.2 Å². The van der Waals surface area contributed by atoms with Gasteiger partial charge in [-0.05, 0) is 25.1 Å². The van der Waals surface area contributed by atoms with Gasteiger partial charge in [0, 0.05) is 11.0 Å². The smallest absolute Gasteiger partial charge is 0.237 e. The van der Waals surface area contributed by atoms with Crippen LogP contribution in [0.5, 0.6) is 5.75 Å². The molecule has 2 rings (SSSR count). The number of rotatable bonds is 4. The number of carbonyl (C=O) groups is 1. The number of carbonyl (C=O) groups excluding carboxylic acids is 1. The van der Waals surface area contributed by atoms with Gasteiger partial charge >= 0.3 is 0 Å². The first-order chi connectivity index (χ1) is 8.63. The normalized spacial score (nSPS) is 10.3. The molecule has 0 saturated carbocycles. The van der Waals surface area contributed by atoms with Gasteiger partial charge in [-0.3, -0.25) is 10.1 Å². The molecule has 0 spiro atoms. The van der Waals surface area contributed by atoms with Crippen molar-refractivity contribution in [2.24, 2.45) is 0 Å². The lowest BCUT2D eigenvalue weighted by molar-refractivity contribution is -0.113. The Bertz CT molecular complexity index is 554. The van der Waals surface area contributed by atoms with Crippen LogP contribution in [0.2, 0.25) is 0 Å². The second kappa shape index (κ2) is 5.59. The number of nitrogens with one attached hydrogen (secondary N) is 1. The van der Waals surface area contributed by atoms with Gasteiger partial charge in [0.25, 0.3) is 0 Å². The number of hydrogen-bond acceptors (Lipinski definition) is 5. The third-order valence-corrected chi connectivity index (χ3v) is 3.07. The number of hydrogen-bond donors (Lipinski definition) is 2. The van der Waals surface area contributed by atoms with E-state index in [2.05, 4.69) is 10.5 Å². The minimum Gasteiger partial charge on any atom is -0.508 e. The van der Waals surface area contributed by atoms with Crippen LogP contribution in [0.25, 0.3) is 0 Å². The van der Waals surface area contributed by atoms with Crippen molar-refractivity contribution in [3.05, 3.63) is 36.0 Å². The Morgan fingerprint density at radius 2 is 2.33 bits per heavy atom. The van der Waals surface area contributed by atoms with Gasteiger partial charge < -0.3 is 9.63 Å². The number of anilines is 1.